The van der Waals surface area contributed by atoms with Gasteiger partial charge >= 0.3 is 0 Å². The van der Waals surface area contributed by atoms with Gasteiger partial charge in [-0.2, -0.15) is 5.11 Å². The Balaban J connectivity index is 1.39. The van der Waals surface area contributed by atoms with Crippen molar-refractivity contribution in [3.05, 3.63) is 70.8 Å². The number of carbonyl (C=O) groups is 2. The highest BCUT2D eigenvalue weighted by atomic mass is 35.5. The van der Waals surface area contributed by atoms with Gasteiger partial charge < -0.3 is 4.42 Å². The van der Waals surface area contributed by atoms with E-state index in [1.54, 1.807) is 31.2 Å². The first-order valence-electron chi connectivity index (χ1n) is 9.45. The fourth-order valence-electron chi connectivity index (χ4n) is 3.64. The minimum absolute atomic E-state index is 0.143. The summed E-state index contributed by atoms with van der Waals surface area (Å²) in [6.07, 6.45) is 0. The topological polar surface area (TPSA) is 91.4 Å². The fraction of sp³-hybridized carbons (Fsp3) is 0.190. The lowest BCUT2D eigenvalue weighted by Crippen LogP contribution is -2.39. The van der Waals surface area contributed by atoms with E-state index in [2.05, 4.69) is 15.3 Å². The molecule has 2 aromatic carbocycles. The molecule has 2 aliphatic heterocycles. The molecule has 0 aliphatic carbocycles. The summed E-state index contributed by atoms with van der Waals surface area (Å²) in [6, 6.07) is 10.4. The molecule has 0 unspecified atom stereocenters. The number of anilines is 1. The number of carbonyl (C=O) groups excluding carboxylic acids is 2. The van der Waals surface area contributed by atoms with Gasteiger partial charge in [0.1, 0.15) is 17.3 Å². The third-order valence-electron chi connectivity index (χ3n) is 5.24. The van der Waals surface area contributed by atoms with E-state index in [9.17, 15) is 14.0 Å². The zero-order chi connectivity index (χ0) is 21.7. The van der Waals surface area contributed by atoms with Crippen molar-refractivity contribution < 1.29 is 18.4 Å². The van der Waals surface area contributed by atoms with Gasteiger partial charge in [-0.3, -0.25) is 14.6 Å². The second-order valence-electron chi connectivity index (χ2n) is 7.21. The Hall–Kier alpha value is -3.59. The molecule has 8 nitrogen and oxygen atoms in total. The minimum Gasteiger partial charge on any atom is -0.441 e. The third-order valence-corrected chi connectivity index (χ3v) is 5.49. The number of halogens is 2. The second-order valence-corrected chi connectivity index (χ2v) is 7.65. The Morgan fingerprint density at radius 3 is 2.48 bits per heavy atom. The van der Waals surface area contributed by atoms with Crippen molar-refractivity contribution in [2.75, 3.05) is 4.90 Å². The van der Waals surface area contributed by atoms with Gasteiger partial charge in [0, 0.05) is 10.6 Å². The molecule has 0 N–H and O–H groups in total. The average Bonchev–Trinajstić information content (AvgIpc) is 3.40. The van der Waals surface area contributed by atoms with E-state index >= 15 is 0 Å². The molecule has 3 heterocycles. The number of rotatable bonds is 4. The Morgan fingerprint density at radius 2 is 1.77 bits per heavy atom. The van der Waals surface area contributed by atoms with Crippen LogP contribution in [0.15, 0.2) is 63.3 Å². The number of nitrogens with zero attached hydrogens (tertiary/aromatic N) is 5. The maximum atomic E-state index is 13.2. The zero-order valence-electron chi connectivity index (χ0n) is 16.2. The predicted octanol–water partition coefficient (Wildman–Crippen LogP) is 3.94. The van der Waals surface area contributed by atoms with Crippen molar-refractivity contribution in [2.24, 2.45) is 10.3 Å². The minimum atomic E-state index is -0.944. The smallest absolute Gasteiger partial charge is 0.263 e. The Kier molecular flexibility index (Phi) is 4.55. The summed E-state index contributed by atoms with van der Waals surface area (Å²) in [5, 5.41) is 10.1. The lowest BCUT2D eigenvalue weighted by atomic mass is 10.1. The highest BCUT2D eigenvalue weighted by Gasteiger charge is 2.54. The molecular formula is C21H15ClFN5O3. The van der Waals surface area contributed by atoms with E-state index in [0.29, 0.717) is 28.1 Å². The van der Waals surface area contributed by atoms with Gasteiger partial charge in [0.05, 0.1) is 12.2 Å². The fourth-order valence-corrected chi connectivity index (χ4v) is 3.77. The third kappa shape index (κ3) is 3.27. The van der Waals surface area contributed by atoms with Crippen LogP contribution >= 0.6 is 11.6 Å². The Morgan fingerprint density at radius 1 is 1.06 bits per heavy atom. The summed E-state index contributed by atoms with van der Waals surface area (Å²) in [6.45, 7) is 1.91. The molecule has 31 heavy (non-hydrogen) atoms. The van der Waals surface area contributed by atoms with Crippen molar-refractivity contribution >= 4 is 29.1 Å². The summed E-state index contributed by atoms with van der Waals surface area (Å²) in [5.41, 5.74) is 1.63. The number of amides is 2. The van der Waals surface area contributed by atoms with E-state index in [-0.39, 0.29) is 6.54 Å². The molecule has 2 amide bonds. The predicted molar refractivity (Wildman–Crippen MR) is 109 cm³/mol. The Labute approximate surface area is 180 Å². The van der Waals surface area contributed by atoms with Crippen LogP contribution < -0.4 is 4.90 Å². The number of benzene rings is 2. The van der Waals surface area contributed by atoms with Crippen molar-refractivity contribution in [2.45, 2.75) is 25.6 Å². The van der Waals surface area contributed by atoms with Crippen LogP contribution in [0.25, 0.3) is 11.5 Å². The van der Waals surface area contributed by atoms with Gasteiger partial charge in [-0.15, -0.1) is 0 Å². The van der Waals surface area contributed by atoms with Gasteiger partial charge in [0.25, 0.3) is 11.8 Å². The van der Waals surface area contributed by atoms with Gasteiger partial charge in [-0.1, -0.05) is 16.8 Å². The van der Waals surface area contributed by atoms with Crippen LogP contribution in [0.1, 0.15) is 11.5 Å². The molecule has 3 aromatic rings. The van der Waals surface area contributed by atoms with E-state index in [1.807, 2.05) is 0 Å². The van der Waals surface area contributed by atoms with Crippen LogP contribution in [0, 0.1) is 12.7 Å². The maximum Gasteiger partial charge on any atom is 0.263 e. The number of aromatic nitrogens is 1. The molecule has 156 valence electrons. The highest BCUT2D eigenvalue weighted by molar-refractivity contribution is 6.30. The number of imide groups is 1. The van der Waals surface area contributed by atoms with Gasteiger partial charge in [0.15, 0.2) is 12.1 Å². The van der Waals surface area contributed by atoms with Crippen LogP contribution in [-0.2, 0) is 16.1 Å². The molecule has 2 aliphatic rings. The number of aryl methyl sites for hydroxylation is 1. The molecule has 5 rings (SSSR count). The first kappa shape index (κ1) is 19.4. The zero-order valence-corrected chi connectivity index (χ0v) is 17.0. The molecular weight excluding hydrogens is 425 g/mol. The molecule has 1 saturated heterocycles. The number of hydrogen-bond acceptors (Lipinski definition) is 7. The van der Waals surface area contributed by atoms with Gasteiger partial charge in [-0.25, -0.2) is 14.3 Å². The quantitative estimate of drug-likeness (QED) is 0.574. The number of oxazole rings is 1. The lowest BCUT2D eigenvalue weighted by Gasteiger charge is -2.19. The summed E-state index contributed by atoms with van der Waals surface area (Å²) in [7, 11) is 0. The normalized spacial score (nSPS) is 20.1. The SMILES string of the molecule is Cc1oc(-c2ccc(Cl)cc2)nc1CN1N=N[C@H]2C(=O)N(c3ccc(F)cc3)C(=O)[C@H]21. The number of fused-ring (bicyclic) bond motifs is 1. The highest BCUT2D eigenvalue weighted by Crippen LogP contribution is 2.33. The van der Waals surface area contributed by atoms with E-state index < -0.39 is 29.7 Å². The first-order valence-corrected chi connectivity index (χ1v) is 9.83. The molecule has 0 saturated carbocycles. The van der Waals surface area contributed by atoms with Crippen molar-refractivity contribution in [3.63, 3.8) is 0 Å². The van der Waals surface area contributed by atoms with Crippen molar-refractivity contribution in [3.8, 4) is 11.5 Å². The standard InChI is InChI=1S/C21H15ClFN5O3/c1-11-16(24-19(31-11)12-2-4-13(22)5-3-12)10-27-18-17(25-26-27)20(29)28(21(18)30)15-8-6-14(23)7-9-15/h2-9,17-18H,10H2,1H3/t17-,18+/m1/s1. The van der Waals surface area contributed by atoms with Gasteiger partial charge in [-0.05, 0) is 55.5 Å². The largest absolute Gasteiger partial charge is 0.441 e. The summed E-state index contributed by atoms with van der Waals surface area (Å²) < 4.78 is 19.0. The molecule has 1 fully saturated rings. The molecule has 0 bridgehead atoms. The molecule has 0 spiro atoms. The molecule has 1 aromatic heterocycles. The van der Waals surface area contributed by atoms with E-state index in [0.717, 1.165) is 10.5 Å². The van der Waals surface area contributed by atoms with Crippen LogP contribution in [-0.4, -0.2) is 33.9 Å². The van der Waals surface area contributed by atoms with Crippen molar-refractivity contribution in [1.82, 2.24) is 9.99 Å². The Bertz CT molecular complexity index is 1210. The van der Waals surface area contributed by atoms with Crippen LogP contribution in [0.4, 0.5) is 10.1 Å². The molecule has 2 atom stereocenters. The first-order chi connectivity index (χ1) is 14.9. The second kappa shape index (κ2) is 7.28. The summed E-state index contributed by atoms with van der Waals surface area (Å²) >= 11 is 5.93. The van der Waals surface area contributed by atoms with Crippen LogP contribution in [0.3, 0.4) is 0 Å². The monoisotopic (exact) mass is 439 g/mol. The van der Waals surface area contributed by atoms with E-state index in [4.69, 9.17) is 16.0 Å². The van der Waals surface area contributed by atoms with Crippen molar-refractivity contribution in [1.29, 1.82) is 0 Å². The summed E-state index contributed by atoms with van der Waals surface area (Å²) in [5.74, 6) is -0.436. The van der Waals surface area contributed by atoms with E-state index in [1.165, 1.54) is 29.3 Å². The molecule has 0 radical (unpaired) electrons. The maximum absolute atomic E-state index is 13.2. The van der Waals surface area contributed by atoms with Crippen LogP contribution in [0.5, 0.6) is 0 Å². The lowest BCUT2D eigenvalue weighted by molar-refractivity contribution is -0.123. The molecule has 10 heteroatoms. The summed E-state index contributed by atoms with van der Waals surface area (Å²) in [4.78, 5) is 31.3. The van der Waals surface area contributed by atoms with Crippen LogP contribution in [0.2, 0.25) is 5.02 Å². The number of hydrogen-bond donors (Lipinski definition) is 0. The van der Waals surface area contributed by atoms with Gasteiger partial charge in [0.2, 0.25) is 5.89 Å². The average molecular weight is 440 g/mol.